The van der Waals surface area contributed by atoms with Gasteiger partial charge in [0.15, 0.2) is 5.82 Å². The molecule has 18 heavy (non-hydrogen) atoms. The van der Waals surface area contributed by atoms with Gasteiger partial charge in [-0.25, -0.2) is 17.5 Å². The van der Waals surface area contributed by atoms with Crippen molar-refractivity contribution in [2.24, 2.45) is 0 Å². The van der Waals surface area contributed by atoms with E-state index < -0.39 is 20.9 Å². The lowest BCUT2D eigenvalue weighted by atomic mass is 10.3. The maximum Gasteiger partial charge on any atom is 0.242 e. The van der Waals surface area contributed by atoms with Gasteiger partial charge in [-0.15, -0.1) is 0 Å². The minimum atomic E-state index is -3.81. The average Bonchev–Trinajstić information content (AvgIpc) is 2.31. The molecule has 0 saturated carbocycles. The van der Waals surface area contributed by atoms with Crippen molar-refractivity contribution in [2.45, 2.75) is 17.7 Å². The zero-order valence-electron chi connectivity index (χ0n) is 9.22. The molecule has 0 fully saturated rings. The molecule has 102 valence electrons. The van der Waals surface area contributed by atoms with Crippen LogP contribution in [-0.2, 0) is 10.0 Å². The molecular formula is C10H11BrCl2FNO2S. The predicted octanol–water partition coefficient (Wildman–Crippen LogP) is 3.59. The Morgan fingerprint density at radius 3 is 2.56 bits per heavy atom. The fourth-order valence-electron chi connectivity index (χ4n) is 1.22. The molecule has 0 unspecified atom stereocenters. The van der Waals surface area contributed by atoms with Crippen molar-refractivity contribution in [1.82, 2.24) is 4.72 Å². The molecule has 8 heteroatoms. The second-order valence-electron chi connectivity index (χ2n) is 3.47. The van der Waals surface area contributed by atoms with Crippen LogP contribution < -0.4 is 4.72 Å². The van der Waals surface area contributed by atoms with Crippen molar-refractivity contribution in [2.75, 3.05) is 11.9 Å². The summed E-state index contributed by atoms with van der Waals surface area (Å²) in [4.78, 5) is -0.301. The fraction of sp³-hybridized carbons (Fsp3) is 0.400. The van der Waals surface area contributed by atoms with E-state index in [1.54, 1.807) is 0 Å². The Morgan fingerprint density at radius 2 is 1.94 bits per heavy atom. The summed E-state index contributed by atoms with van der Waals surface area (Å²) < 4.78 is 39.5. The SMILES string of the molecule is O=S(=O)(NCCCCBr)c1ccc(Cl)c(F)c1Cl. The molecule has 1 aromatic carbocycles. The number of halogens is 4. The van der Waals surface area contributed by atoms with Gasteiger partial charge in [-0.2, -0.15) is 0 Å². The van der Waals surface area contributed by atoms with Gasteiger partial charge in [0, 0.05) is 11.9 Å². The average molecular weight is 379 g/mol. The molecule has 0 aliphatic heterocycles. The zero-order valence-corrected chi connectivity index (χ0v) is 13.1. The van der Waals surface area contributed by atoms with Gasteiger partial charge >= 0.3 is 0 Å². The van der Waals surface area contributed by atoms with Crippen LogP contribution >= 0.6 is 39.1 Å². The predicted molar refractivity (Wildman–Crippen MR) is 74.6 cm³/mol. The molecule has 3 nitrogen and oxygen atoms in total. The molecule has 0 atom stereocenters. The lowest BCUT2D eigenvalue weighted by Gasteiger charge is -2.09. The van der Waals surface area contributed by atoms with Crippen molar-refractivity contribution in [1.29, 1.82) is 0 Å². The highest BCUT2D eigenvalue weighted by Gasteiger charge is 2.21. The molecule has 1 rings (SSSR count). The minimum absolute atomic E-state index is 0.210. The van der Waals surface area contributed by atoms with Crippen LogP contribution in [0.2, 0.25) is 10.0 Å². The Hall–Kier alpha value is 0.120. The number of hydrogen-bond acceptors (Lipinski definition) is 2. The van der Waals surface area contributed by atoms with Crippen molar-refractivity contribution in [3.8, 4) is 0 Å². The summed E-state index contributed by atoms with van der Waals surface area (Å²) in [6.07, 6.45) is 1.52. The summed E-state index contributed by atoms with van der Waals surface area (Å²) >= 11 is 14.4. The van der Waals surface area contributed by atoms with Crippen molar-refractivity contribution >= 4 is 49.2 Å². The largest absolute Gasteiger partial charge is 0.242 e. The van der Waals surface area contributed by atoms with E-state index in [-0.39, 0.29) is 16.5 Å². The van der Waals surface area contributed by atoms with E-state index in [9.17, 15) is 12.8 Å². The number of alkyl halides is 1. The third kappa shape index (κ3) is 4.06. The van der Waals surface area contributed by atoms with E-state index in [1.807, 2.05) is 0 Å². The molecule has 0 amide bonds. The number of unbranched alkanes of at least 4 members (excludes halogenated alkanes) is 1. The van der Waals surface area contributed by atoms with Gasteiger partial charge in [-0.05, 0) is 25.0 Å². The van der Waals surface area contributed by atoms with Crippen LogP contribution in [0.25, 0.3) is 0 Å². The van der Waals surface area contributed by atoms with Gasteiger partial charge in [0.25, 0.3) is 0 Å². The smallest absolute Gasteiger partial charge is 0.211 e. The summed E-state index contributed by atoms with van der Waals surface area (Å²) in [5.74, 6) is -0.929. The molecule has 1 aromatic rings. The minimum Gasteiger partial charge on any atom is -0.211 e. The Morgan fingerprint density at radius 1 is 1.28 bits per heavy atom. The third-order valence-corrected chi connectivity index (χ3v) is 4.98. The molecule has 0 radical (unpaired) electrons. The summed E-state index contributed by atoms with van der Waals surface area (Å²) in [5, 5.41) is 0.0964. The monoisotopic (exact) mass is 377 g/mol. The molecular weight excluding hydrogens is 368 g/mol. The second-order valence-corrected chi connectivity index (χ2v) is 6.78. The Bertz CT molecular complexity index is 525. The first kappa shape index (κ1) is 16.2. The highest BCUT2D eigenvalue weighted by atomic mass is 79.9. The van der Waals surface area contributed by atoms with Crippen LogP contribution in [0.15, 0.2) is 17.0 Å². The van der Waals surface area contributed by atoms with Crippen molar-refractivity contribution in [3.05, 3.63) is 28.0 Å². The topological polar surface area (TPSA) is 46.2 Å². The number of hydrogen-bond donors (Lipinski definition) is 1. The van der Waals surface area contributed by atoms with Crippen LogP contribution in [0, 0.1) is 5.82 Å². The fourth-order valence-corrected chi connectivity index (χ4v) is 3.43. The molecule has 0 bridgehead atoms. The number of sulfonamides is 1. The first-order chi connectivity index (χ1) is 8.40. The van der Waals surface area contributed by atoms with Crippen LogP contribution in [0.1, 0.15) is 12.8 Å². The Kier molecular flexibility index (Phi) is 6.34. The van der Waals surface area contributed by atoms with Gasteiger partial charge in [0.1, 0.15) is 4.90 Å². The zero-order chi connectivity index (χ0) is 13.8. The molecule has 0 aromatic heterocycles. The lowest BCUT2D eigenvalue weighted by molar-refractivity contribution is 0.575. The van der Waals surface area contributed by atoms with E-state index >= 15 is 0 Å². The van der Waals surface area contributed by atoms with E-state index in [0.717, 1.165) is 17.8 Å². The molecule has 0 aliphatic rings. The Labute approximate surface area is 124 Å². The molecule has 0 heterocycles. The van der Waals surface area contributed by atoms with Crippen LogP contribution in [-0.4, -0.2) is 20.3 Å². The standard InChI is InChI=1S/C10H11BrCl2FNO2S/c11-5-1-2-6-15-18(16,17)8-4-3-7(12)10(14)9(8)13/h3-4,15H,1-2,5-6H2. The maximum atomic E-state index is 13.4. The van der Waals surface area contributed by atoms with Crippen molar-refractivity contribution in [3.63, 3.8) is 0 Å². The quantitative estimate of drug-likeness (QED) is 0.467. The van der Waals surface area contributed by atoms with E-state index in [1.165, 1.54) is 6.07 Å². The normalized spacial score (nSPS) is 11.8. The van der Waals surface area contributed by atoms with Crippen molar-refractivity contribution < 1.29 is 12.8 Å². The summed E-state index contributed by atoms with van der Waals surface area (Å²) in [6, 6.07) is 2.34. The summed E-state index contributed by atoms with van der Waals surface area (Å²) in [7, 11) is -3.81. The molecule has 0 aliphatic carbocycles. The first-order valence-corrected chi connectivity index (χ1v) is 8.45. The van der Waals surface area contributed by atoms with Gasteiger partial charge in [0.05, 0.1) is 10.0 Å². The highest BCUT2D eigenvalue weighted by Crippen LogP contribution is 2.29. The second kappa shape index (κ2) is 7.05. The van der Waals surface area contributed by atoms with Gasteiger partial charge in [0.2, 0.25) is 10.0 Å². The van der Waals surface area contributed by atoms with Gasteiger partial charge in [-0.3, -0.25) is 0 Å². The van der Waals surface area contributed by atoms with E-state index in [0.29, 0.717) is 6.42 Å². The van der Waals surface area contributed by atoms with E-state index in [2.05, 4.69) is 20.7 Å². The molecule has 1 N–H and O–H groups in total. The van der Waals surface area contributed by atoms with Crippen LogP contribution in [0.3, 0.4) is 0 Å². The first-order valence-electron chi connectivity index (χ1n) is 5.09. The molecule has 0 saturated heterocycles. The number of nitrogens with one attached hydrogen (secondary N) is 1. The molecule has 0 spiro atoms. The highest BCUT2D eigenvalue weighted by molar-refractivity contribution is 9.09. The third-order valence-electron chi connectivity index (χ3n) is 2.14. The number of benzene rings is 1. The number of rotatable bonds is 6. The van der Waals surface area contributed by atoms with Gasteiger partial charge in [-0.1, -0.05) is 39.1 Å². The maximum absolute atomic E-state index is 13.4. The van der Waals surface area contributed by atoms with Gasteiger partial charge < -0.3 is 0 Å². The van der Waals surface area contributed by atoms with Crippen LogP contribution in [0.5, 0.6) is 0 Å². The van der Waals surface area contributed by atoms with Crippen LogP contribution in [0.4, 0.5) is 4.39 Å². The van der Waals surface area contributed by atoms with E-state index in [4.69, 9.17) is 23.2 Å². The Balaban J connectivity index is 2.89. The summed E-state index contributed by atoms with van der Waals surface area (Å²) in [5.41, 5.74) is 0. The summed E-state index contributed by atoms with van der Waals surface area (Å²) in [6.45, 7) is 0.272. The lowest BCUT2D eigenvalue weighted by Crippen LogP contribution is -2.25.